The minimum atomic E-state index is -2.94. The molecule has 1 aliphatic rings. The number of hydrogen-bond acceptors (Lipinski definition) is 2. The van der Waals surface area contributed by atoms with Gasteiger partial charge in [-0.1, -0.05) is 15.9 Å². The standard InChI is InChI=1S/C11H11BrF3NO/c12-5-1-2-8(13)6(3-5)11(16,10(14)15)7-4-9(7)17/h1-3,7,9-10,17H,4,16H2/t7-,9?,11+/m0/s1. The molecule has 1 saturated carbocycles. The number of nitrogens with two attached hydrogens (primary N) is 1. The molecule has 1 aromatic carbocycles. The highest BCUT2D eigenvalue weighted by Gasteiger charge is 2.57. The van der Waals surface area contributed by atoms with E-state index in [0.29, 0.717) is 4.47 Å². The molecule has 0 bridgehead atoms. The number of hydrogen-bond donors (Lipinski definition) is 2. The van der Waals surface area contributed by atoms with Crippen molar-refractivity contribution in [3.63, 3.8) is 0 Å². The SMILES string of the molecule is N[C@@](c1cc(Br)ccc1F)(C(F)F)[C@H]1CC1O. The number of benzene rings is 1. The number of aliphatic hydroxyl groups excluding tert-OH is 1. The normalized spacial score (nSPS) is 27.0. The lowest BCUT2D eigenvalue weighted by Crippen LogP contribution is -2.47. The molecule has 2 rings (SSSR count). The lowest BCUT2D eigenvalue weighted by Gasteiger charge is -2.29. The largest absolute Gasteiger partial charge is 0.393 e. The molecule has 1 aliphatic carbocycles. The third-order valence-corrected chi connectivity index (χ3v) is 3.62. The summed E-state index contributed by atoms with van der Waals surface area (Å²) in [5, 5.41) is 9.28. The molecule has 0 saturated heterocycles. The van der Waals surface area contributed by atoms with E-state index in [1.807, 2.05) is 0 Å². The van der Waals surface area contributed by atoms with Crippen LogP contribution in [0.1, 0.15) is 12.0 Å². The molecule has 0 aromatic heterocycles. The topological polar surface area (TPSA) is 46.2 Å². The summed E-state index contributed by atoms with van der Waals surface area (Å²) < 4.78 is 40.4. The summed E-state index contributed by atoms with van der Waals surface area (Å²) in [5.74, 6) is -1.58. The number of alkyl halides is 2. The predicted octanol–water partition coefficient (Wildman–Crippen LogP) is 2.39. The molecule has 1 aromatic rings. The Morgan fingerprint density at radius 3 is 2.53 bits per heavy atom. The highest BCUT2D eigenvalue weighted by atomic mass is 79.9. The zero-order valence-corrected chi connectivity index (χ0v) is 10.3. The minimum absolute atomic E-state index is 0.173. The highest BCUT2D eigenvalue weighted by Crippen LogP contribution is 2.48. The molecule has 0 radical (unpaired) electrons. The maximum absolute atomic E-state index is 13.6. The lowest BCUT2D eigenvalue weighted by molar-refractivity contribution is 0.0261. The van der Waals surface area contributed by atoms with Crippen molar-refractivity contribution >= 4 is 15.9 Å². The van der Waals surface area contributed by atoms with Gasteiger partial charge in [-0.15, -0.1) is 0 Å². The van der Waals surface area contributed by atoms with E-state index in [4.69, 9.17) is 5.73 Å². The first kappa shape index (κ1) is 12.9. The van der Waals surface area contributed by atoms with E-state index in [0.717, 1.165) is 6.07 Å². The molecular weight excluding hydrogens is 299 g/mol. The van der Waals surface area contributed by atoms with Crippen LogP contribution < -0.4 is 5.73 Å². The van der Waals surface area contributed by atoms with E-state index in [2.05, 4.69) is 15.9 Å². The summed E-state index contributed by atoms with van der Waals surface area (Å²) in [6, 6.07) is 3.73. The maximum Gasteiger partial charge on any atom is 0.260 e. The first-order valence-electron chi connectivity index (χ1n) is 5.08. The van der Waals surface area contributed by atoms with E-state index in [1.165, 1.54) is 12.1 Å². The monoisotopic (exact) mass is 309 g/mol. The van der Waals surface area contributed by atoms with Crippen LogP contribution in [0.3, 0.4) is 0 Å². The molecule has 0 amide bonds. The maximum atomic E-state index is 13.6. The molecule has 1 fully saturated rings. The van der Waals surface area contributed by atoms with Crippen LogP contribution in [0, 0.1) is 11.7 Å². The van der Waals surface area contributed by atoms with Crippen LogP contribution in [0.25, 0.3) is 0 Å². The van der Waals surface area contributed by atoms with E-state index in [-0.39, 0.29) is 12.0 Å². The molecule has 17 heavy (non-hydrogen) atoms. The fourth-order valence-electron chi connectivity index (χ4n) is 2.00. The van der Waals surface area contributed by atoms with Crippen molar-refractivity contribution in [1.82, 2.24) is 0 Å². The van der Waals surface area contributed by atoms with Crippen molar-refractivity contribution in [2.24, 2.45) is 11.7 Å². The van der Waals surface area contributed by atoms with Crippen LogP contribution in [0.2, 0.25) is 0 Å². The molecule has 0 aliphatic heterocycles. The Labute approximate surface area is 105 Å². The van der Waals surface area contributed by atoms with Crippen molar-refractivity contribution in [2.45, 2.75) is 24.5 Å². The van der Waals surface area contributed by atoms with Crippen molar-refractivity contribution < 1.29 is 18.3 Å². The van der Waals surface area contributed by atoms with Gasteiger partial charge in [-0.2, -0.15) is 0 Å². The summed E-state index contributed by atoms with van der Waals surface area (Å²) >= 11 is 3.09. The summed E-state index contributed by atoms with van der Waals surface area (Å²) in [6.07, 6.45) is -3.65. The molecule has 1 unspecified atom stereocenters. The van der Waals surface area contributed by atoms with Crippen LogP contribution in [0.4, 0.5) is 13.2 Å². The zero-order chi connectivity index (χ0) is 12.8. The van der Waals surface area contributed by atoms with Crippen molar-refractivity contribution in [3.8, 4) is 0 Å². The molecule has 3 N–H and O–H groups in total. The van der Waals surface area contributed by atoms with Crippen LogP contribution in [0.15, 0.2) is 22.7 Å². The zero-order valence-electron chi connectivity index (χ0n) is 8.71. The van der Waals surface area contributed by atoms with Gasteiger partial charge in [-0.3, -0.25) is 0 Å². The van der Waals surface area contributed by atoms with E-state index in [9.17, 15) is 18.3 Å². The lowest BCUT2D eigenvalue weighted by atomic mass is 9.85. The van der Waals surface area contributed by atoms with Crippen LogP contribution in [-0.4, -0.2) is 17.6 Å². The third-order valence-electron chi connectivity index (χ3n) is 3.13. The first-order chi connectivity index (χ1) is 7.87. The Bertz CT molecular complexity index is 443. The van der Waals surface area contributed by atoms with Gasteiger partial charge in [0, 0.05) is 16.0 Å². The average molecular weight is 310 g/mol. The van der Waals surface area contributed by atoms with Crippen LogP contribution >= 0.6 is 15.9 Å². The molecule has 3 atom stereocenters. The summed E-state index contributed by atoms with van der Waals surface area (Å²) in [7, 11) is 0. The van der Waals surface area contributed by atoms with Gasteiger partial charge in [0.15, 0.2) is 0 Å². The van der Waals surface area contributed by atoms with E-state index < -0.39 is 29.8 Å². The minimum Gasteiger partial charge on any atom is -0.393 e. The number of rotatable bonds is 3. The van der Waals surface area contributed by atoms with Gasteiger partial charge in [0.2, 0.25) is 0 Å². The van der Waals surface area contributed by atoms with Gasteiger partial charge in [0.25, 0.3) is 6.43 Å². The third kappa shape index (κ3) is 2.09. The predicted molar refractivity (Wildman–Crippen MR) is 60.1 cm³/mol. The first-order valence-corrected chi connectivity index (χ1v) is 5.87. The number of aliphatic hydroxyl groups is 1. The van der Waals surface area contributed by atoms with Crippen molar-refractivity contribution in [2.75, 3.05) is 0 Å². The van der Waals surface area contributed by atoms with E-state index >= 15 is 0 Å². The second-order valence-corrected chi connectivity index (χ2v) is 5.18. The van der Waals surface area contributed by atoms with Gasteiger partial charge in [0.1, 0.15) is 11.4 Å². The molecule has 0 heterocycles. The van der Waals surface area contributed by atoms with Gasteiger partial charge in [-0.05, 0) is 24.6 Å². The Balaban J connectivity index is 2.49. The molecule has 2 nitrogen and oxygen atoms in total. The van der Waals surface area contributed by atoms with Crippen molar-refractivity contribution in [3.05, 3.63) is 34.1 Å². The molecule has 94 valence electrons. The molecular formula is C11H11BrF3NO. The van der Waals surface area contributed by atoms with Gasteiger partial charge in [-0.25, -0.2) is 13.2 Å². The summed E-state index contributed by atoms with van der Waals surface area (Å²) in [6.45, 7) is 0. The quantitative estimate of drug-likeness (QED) is 0.900. The Morgan fingerprint density at radius 2 is 2.06 bits per heavy atom. The Kier molecular flexibility index (Phi) is 3.22. The second kappa shape index (κ2) is 4.26. The molecule has 0 spiro atoms. The van der Waals surface area contributed by atoms with Gasteiger partial charge >= 0.3 is 0 Å². The van der Waals surface area contributed by atoms with Crippen LogP contribution in [-0.2, 0) is 5.54 Å². The van der Waals surface area contributed by atoms with Gasteiger partial charge < -0.3 is 10.8 Å². The number of halogens is 4. The van der Waals surface area contributed by atoms with E-state index in [1.54, 1.807) is 0 Å². The Hall–Kier alpha value is -0.590. The Morgan fingerprint density at radius 1 is 1.47 bits per heavy atom. The fourth-order valence-corrected chi connectivity index (χ4v) is 2.36. The summed E-state index contributed by atoms with van der Waals surface area (Å²) in [5.41, 5.74) is 3.26. The van der Waals surface area contributed by atoms with Gasteiger partial charge in [0.05, 0.1) is 6.10 Å². The summed E-state index contributed by atoms with van der Waals surface area (Å²) in [4.78, 5) is 0. The van der Waals surface area contributed by atoms with Crippen molar-refractivity contribution in [1.29, 1.82) is 0 Å². The highest BCUT2D eigenvalue weighted by molar-refractivity contribution is 9.10. The molecule has 6 heteroatoms. The fraction of sp³-hybridized carbons (Fsp3) is 0.455. The smallest absolute Gasteiger partial charge is 0.260 e. The average Bonchev–Trinajstić information content (AvgIpc) is 2.98. The second-order valence-electron chi connectivity index (χ2n) is 4.27. The van der Waals surface area contributed by atoms with Crippen LogP contribution in [0.5, 0.6) is 0 Å².